The third-order valence-electron chi connectivity index (χ3n) is 3.79. The molecule has 0 unspecified atom stereocenters. The molecule has 0 radical (unpaired) electrons. The van der Waals surface area contributed by atoms with Crippen molar-refractivity contribution in [3.8, 4) is 0 Å². The van der Waals surface area contributed by atoms with Crippen LogP contribution in [0.25, 0.3) is 11.0 Å². The summed E-state index contributed by atoms with van der Waals surface area (Å²) in [6.07, 6.45) is -0.614. The normalized spacial score (nSPS) is 13.0. The molecular formula is C17H17NO6S2. The Morgan fingerprint density at radius 3 is 2.73 bits per heavy atom. The van der Waals surface area contributed by atoms with Crippen LogP contribution >= 0.6 is 11.3 Å². The van der Waals surface area contributed by atoms with Crippen molar-refractivity contribution in [3.05, 3.63) is 52.4 Å². The van der Waals surface area contributed by atoms with E-state index >= 15 is 0 Å². The van der Waals surface area contributed by atoms with E-state index in [1.54, 1.807) is 0 Å². The average molecular weight is 395 g/mol. The highest BCUT2D eigenvalue weighted by atomic mass is 32.2. The lowest BCUT2D eigenvalue weighted by atomic mass is 10.2. The molecule has 1 atom stereocenters. The number of hydrogen-bond acceptors (Lipinski definition) is 7. The Bertz CT molecular complexity index is 988. The molecule has 0 aliphatic rings. The quantitative estimate of drug-likeness (QED) is 0.618. The summed E-state index contributed by atoms with van der Waals surface area (Å²) in [5.74, 6) is -0.184. The SMILES string of the molecule is COC(=O)c1sccc1S(=O)(=O)NC[C@@H](OC)c1cc2ccccc2o1. The molecule has 0 aliphatic carbocycles. The molecule has 0 saturated heterocycles. The molecule has 1 aromatic carbocycles. The highest BCUT2D eigenvalue weighted by molar-refractivity contribution is 7.89. The lowest BCUT2D eigenvalue weighted by molar-refractivity contribution is 0.0602. The number of sulfonamides is 1. The van der Waals surface area contributed by atoms with Crippen LogP contribution in [0.1, 0.15) is 21.5 Å². The number of rotatable bonds is 7. The maximum Gasteiger partial charge on any atom is 0.349 e. The van der Waals surface area contributed by atoms with E-state index in [1.807, 2.05) is 30.3 Å². The minimum atomic E-state index is -3.91. The minimum Gasteiger partial charge on any atom is -0.465 e. The highest BCUT2D eigenvalue weighted by Crippen LogP contribution is 2.27. The summed E-state index contributed by atoms with van der Waals surface area (Å²) >= 11 is 1.00. The topological polar surface area (TPSA) is 94.8 Å². The Morgan fingerprint density at radius 2 is 2.04 bits per heavy atom. The van der Waals surface area contributed by atoms with Crippen molar-refractivity contribution in [2.45, 2.75) is 11.0 Å². The van der Waals surface area contributed by atoms with Crippen molar-refractivity contribution in [2.75, 3.05) is 20.8 Å². The van der Waals surface area contributed by atoms with Crippen LogP contribution in [0.3, 0.4) is 0 Å². The van der Waals surface area contributed by atoms with Crippen molar-refractivity contribution in [1.29, 1.82) is 0 Å². The Hall–Kier alpha value is -2.20. The number of para-hydroxylation sites is 1. The first-order valence-corrected chi connectivity index (χ1v) is 9.99. The number of carbonyl (C=O) groups is 1. The second-order valence-electron chi connectivity index (χ2n) is 5.37. The number of carbonyl (C=O) groups excluding carboxylic acids is 1. The van der Waals surface area contributed by atoms with Gasteiger partial charge in [-0.2, -0.15) is 0 Å². The van der Waals surface area contributed by atoms with Gasteiger partial charge in [0.15, 0.2) is 0 Å². The van der Waals surface area contributed by atoms with Gasteiger partial charge in [0.1, 0.15) is 27.2 Å². The molecule has 3 rings (SSSR count). The summed E-state index contributed by atoms with van der Waals surface area (Å²) < 4.78 is 43.3. The summed E-state index contributed by atoms with van der Waals surface area (Å²) in [5, 5.41) is 2.42. The van der Waals surface area contributed by atoms with Crippen molar-refractivity contribution >= 4 is 38.3 Å². The molecule has 2 heterocycles. The fourth-order valence-electron chi connectivity index (χ4n) is 2.47. The van der Waals surface area contributed by atoms with E-state index in [9.17, 15) is 13.2 Å². The van der Waals surface area contributed by atoms with Crippen molar-refractivity contribution < 1.29 is 27.1 Å². The minimum absolute atomic E-state index is 0.0257. The molecule has 0 saturated carbocycles. The van der Waals surface area contributed by atoms with E-state index in [4.69, 9.17) is 9.15 Å². The number of nitrogens with one attached hydrogen (secondary N) is 1. The van der Waals surface area contributed by atoms with Crippen LogP contribution in [-0.4, -0.2) is 35.2 Å². The molecule has 2 aromatic heterocycles. The zero-order valence-corrected chi connectivity index (χ0v) is 15.7. The van der Waals surface area contributed by atoms with Gasteiger partial charge in [-0.05, 0) is 23.6 Å². The van der Waals surface area contributed by atoms with Gasteiger partial charge in [-0.15, -0.1) is 11.3 Å². The van der Waals surface area contributed by atoms with Crippen molar-refractivity contribution in [3.63, 3.8) is 0 Å². The van der Waals surface area contributed by atoms with Gasteiger partial charge in [0.2, 0.25) is 10.0 Å². The van der Waals surface area contributed by atoms with E-state index < -0.39 is 22.1 Å². The number of ether oxygens (including phenoxy) is 2. The van der Waals surface area contributed by atoms with Crippen molar-refractivity contribution in [1.82, 2.24) is 4.72 Å². The predicted octanol–water partition coefficient (Wildman–Crippen LogP) is 2.95. The molecule has 138 valence electrons. The maximum atomic E-state index is 12.6. The van der Waals surface area contributed by atoms with Gasteiger partial charge >= 0.3 is 5.97 Å². The van der Waals surface area contributed by atoms with Crippen LogP contribution in [0.2, 0.25) is 0 Å². The standard InChI is InChI=1S/C17H17NO6S2/c1-22-14(13-9-11-5-3-4-6-12(11)24-13)10-18-26(20,21)15-7-8-25-16(15)17(19)23-2/h3-9,14,18H,10H2,1-2H3/t14-/m1/s1. The third kappa shape index (κ3) is 3.65. The third-order valence-corrected chi connectivity index (χ3v) is 6.28. The summed E-state index contributed by atoms with van der Waals surface area (Å²) in [6, 6.07) is 10.6. The van der Waals surface area contributed by atoms with Gasteiger partial charge in [-0.1, -0.05) is 18.2 Å². The van der Waals surface area contributed by atoms with E-state index in [-0.39, 0.29) is 16.3 Å². The summed E-state index contributed by atoms with van der Waals surface area (Å²) in [4.78, 5) is 11.6. The zero-order chi connectivity index (χ0) is 18.7. The highest BCUT2D eigenvalue weighted by Gasteiger charge is 2.26. The molecule has 7 nitrogen and oxygen atoms in total. The van der Waals surface area contributed by atoms with Gasteiger partial charge in [0, 0.05) is 19.0 Å². The average Bonchev–Trinajstić information content (AvgIpc) is 3.28. The fraction of sp³-hybridized carbons (Fsp3) is 0.235. The van der Waals surface area contributed by atoms with Crippen LogP contribution in [0.15, 0.2) is 51.1 Å². The first-order chi connectivity index (χ1) is 12.5. The first-order valence-electron chi connectivity index (χ1n) is 7.63. The van der Waals surface area contributed by atoms with E-state index in [0.29, 0.717) is 11.3 Å². The summed E-state index contributed by atoms with van der Waals surface area (Å²) in [5.41, 5.74) is 0.693. The van der Waals surface area contributed by atoms with Crippen LogP contribution in [0.4, 0.5) is 0 Å². The number of fused-ring (bicyclic) bond motifs is 1. The van der Waals surface area contributed by atoms with Gasteiger partial charge in [0.25, 0.3) is 0 Å². The first kappa shape index (κ1) is 18.6. The van der Waals surface area contributed by atoms with Crippen LogP contribution in [0, 0.1) is 0 Å². The number of esters is 1. The number of hydrogen-bond donors (Lipinski definition) is 1. The largest absolute Gasteiger partial charge is 0.465 e. The number of methoxy groups -OCH3 is 2. The van der Waals surface area contributed by atoms with E-state index in [1.165, 1.54) is 25.7 Å². The van der Waals surface area contributed by atoms with Gasteiger partial charge < -0.3 is 13.9 Å². The van der Waals surface area contributed by atoms with Crippen LogP contribution < -0.4 is 4.72 Å². The molecule has 9 heteroatoms. The molecule has 0 aliphatic heterocycles. The number of furan rings is 1. The molecule has 0 bridgehead atoms. The maximum absolute atomic E-state index is 12.6. The van der Waals surface area contributed by atoms with Gasteiger partial charge in [-0.25, -0.2) is 17.9 Å². The van der Waals surface area contributed by atoms with Crippen molar-refractivity contribution in [2.24, 2.45) is 0 Å². The lowest BCUT2D eigenvalue weighted by Crippen LogP contribution is -2.29. The molecule has 1 N–H and O–H groups in total. The Balaban J connectivity index is 1.79. The zero-order valence-electron chi connectivity index (χ0n) is 14.1. The smallest absolute Gasteiger partial charge is 0.349 e. The Labute approximate surface area is 154 Å². The molecule has 0 fully saturated rings. The Morgan fingerprint density at radius 1 is 1.27 bits per heavy atom. The molecule has 0 spiro atoms. The predicted molar refractivity (Wildman–Crippen MR) is 96.8 cm³/mol. The number of thiophene rings is 1. The second kappa shape index (κ2) is 7.58. The van der Waals surface area contributed by atoms with E-state index in [2.05, 4.69) is 9.46 Å². The molecule has 0 amide bonds. The molecule has 26 heavy (non-hydrogen) atoms. The van der Waals surface area contributed by atoms with Gasteiger partial charge in [-0.3, -0.25) is 0 Å². The molecule has 3 aromatic rings. The monoisotopic (exact) mass is 395 g/mol. The van der Waals surface area contributed by atoms with Crippen LogP contribution in [0.5, 0.6) is 0 Å². The fourth-order valence-corrected chi connectivity index (χ4v) is 4.84. The van der Waals surface area contributed by atoms with Crippen LogP contribution in [-0.2, 0) is 19.5 Å². The van der Waals surface area contributed by atoms with Gasteiger partial charge in [0.05, 0.1) is 7.11 Å². The lowest BCUT2D eigenvalue weighted by Gasteiger charge is -2.14. The summed E-state index contributed by atoms with van der Waals surface area (Å²) in [7, 11) is -1.24. The second-order valence-corrected chi connectivity index (χ2v) is 8.02. The van der Waals surface area contributed by atoms with E-state index in [0.717, 1.165) is 16.7 Å². The Kier molecular flexibility index (Phi) is 5.42. The number of benzene rings is 1. The summed E-state index contributed by atoms with van der Waals surface area (Å²) in [6.45, 7) is -0.0465. The molecular weight excluding hydrogens is 378 g/mol.